The molecule has 0 saturated carbocycles. The average molecular weight is 274 g/mol. The fourth-order valence-corrected chi connectivity index (χ4v) is 2.99. The zero-order valence-electron chi connectivity index (χ0n) is 13.5. The lowest BCUT2D eigenvalue weighted by Crippen LogP contribution is -2.40. The summed E-state index contributed by atoms with van der Waals surface area (Å²) in [6, 6.07) is 9.69. The molecule has 20 heavy (non-hydrogen) atoms. The quantitative estimate of drug-likeness (QED) is 0.882. The average Bonchev–Trinajstić information content (AvgIpc) is 2.46. The summed E-state index contributed by atoms with van der Waals surface area (Å²) in [6.07, 6.45) is 2.66. The molecule has 1 aromatic carbocycles. The van der Waals surface area contributed by atoms with E-state index in [1.807, 2.05) is 0 Å². The van der Waals surface area contributed by atoms with Crippen molar-refractivity contribution in [2.45, 2.75) is 52.1 Å². The second-order valence-electron chi connectivity index (χ2n) is 6.71. The minimum atomic E-state index is 0.619. The van der Waals surface area contributed by atoms with Gasteiger partial charge < -0.3 is 10.2 Å². The van der Waals surface area contributed by atoms with Crippen LogP contribution in [-0.2, 0) is 6.54 Å². The van der Waals surface area contributed by atoms with Crippen molar-refractivity contribution in [3.05, 3.63) is 35.4 Å². The molecule has 0 aromatic heterocycles. The van der Waals surface area contributed by atoms with Gasteiger partial charge in [0.1, 0.15) is 0 Å². The van der Waals surface area contributed by atoms with Crippen LogP contribution >= 0.6 is 0 Å². The number of hydrogen-bond donors (Lipinski definition) is 1. The van der Waals surface area contributed by atoms with Crippen molar-refractivity contribution >= 4 is 0 Å². The Morgan fingerprint density at radius 3 is 2.25 bits per heavy atom. The zero-order valence-corrected chi connectivity index (χ0v) is 13.5. The Balaban J connectivity index is 1.79. The van der Waals surface area contributed by atoms with E-state index in [1.54, 1.807) is 0 Å². The lowest BCUT2D eigenvalue weighted by molar-refractivity contribution is 0.189. The van der Waals surface area contributed by atoms with E-state index in [0.29, 0.717) is 12.0 Å². The van der Waals surface area contributed by atoms with Crippen LogP contribution < -0.4 is 5.32 Å². The van der Waals surface area contributed by atoms with Gasteiger partial charge in [-0.1, -0.05) is 38.1 Å². The molecule has 1 fully saturated rings. The summed E-state index contributed by atoms with van der Waals surface area (Å²) in [6.45, 7) is 10.3. The molecule has 112 valence electrons. The van der Waals surface area contributed by atoms with Gasteiger partial charge in [0.05, 0.1) is 0 Å². The second kappa shape index (κ2) is 7.24. The number of nitrogens with one attached hydrogen (secondary N) is 1. The monoisotopic (exact) mass is 274 g/mol. The van der Waals surface area contributed by atoms with Crippen LogP contribution in [0.5, 0.6) is 0 Å². The Morgan fingerprint density at radius 1 is 1.10 bits per heavy atom. The summed E-state index contributed by atoms with van der Waals surface area (Å²) in [5.41, 5.74) is 2.83. The largest absolute Gasteiger partial charge is 0.310 e. The molecule has 1 aromatic rings. The lowest BCUT2D eigenvalue weighted by atomic mass is 9.90. The van der Waals surface area contributed by atoms with Gasteiger partial charge in [0.2, 0.25) is 0 Å². The standard InChI is InChI=1S/C18H30N2/c1-14(2)17-7-5-16(6-8-17)13-19-15(3)18-9-11-20(4)12-10-18/h5-8,14-15,18-19H,9-13H2,1-4H3. The molecule has 1 aliphatic heterocycles. The van der Waals surface area contributed by atoms with E-state index in [9.17, 15) is 0 Å². The summed E-state index contributed by atoms with van der Waals surface area (Å²) in [5, 5.41) is 3.71. The van der Waals surface area contributed by atoms with Crippen molar-refractivity contribution < 1.29 is 0 Å². The summed E-state index contributed by atoms with van der Waals surface area (Å²) < 4.78 is 0. The maximum atomic E-state index is 3.71. The maximum Gasteiger partial charge on any atom is 0.0208 e. The molecule has 2 rings (SSSR count). The first-order chi connectivity index (χ1) is 9.56. The molecule has 2 nitrogen and oxygen atoms in total. The number of hydrogen-bond acceptors (Lipinski definition) is 2. The summed E-state index contributed by atoms with van der Waals surface area (Å²) >= 11 is 0. The normalized spacial score (nSPS) is 19.4. The first kappa shape index (κ1) is 15.5. The number of rotatable bonds is 5. The minimum Gasteiger partial charge on any atom is -0.310 e. The van der Waals surface area contributed by atoms with Crippen LogP contribution in [0.2, 0.25) is 0 Å². The first-order valence-electron chi connectivity index (χ1n) is 8.07. The summed E-state index contributed by atoms with van der Waals surface area (Å²) in [4.78, 5) is 2.44. The SMILES string of the molecule is CC(C)c1ccc(CNC(C)C2CCN(C)CC2)cc1. The van der Waals surface area contributed by atoms with Gasteiger partial charge in [0, 0.05) is 12.6 Å². The van der Waals surface area contributed by atoms with E-state index >= 15 is 0 Å². The molecule has 1 saturated heterocycles. The molecule has 0 aliphatic carbocycles. The minimum absolute atomic E-state index is 0.619. The van der Waals surface area contributed by atoms with Crippen molar-refractivity contribution in [3.8, 4) is 0 Å². The zero-order chi connectivity index (χ0) is 14.5. The molecule has 0 amide bonds. The van der Waals surface area contributed by atoms with Crippen LogP contribution in [0, 0.1) is 5.92 Å². The fraction of sp³-hybridized carbons (Fsp3) is 0.667. The third-order valence-corrected chi connectivity index (χ3v) is 4.74. The van der Waals surface area contributed by atoms with E-state index in [2.05, 4.69) is 62.3 Å². The fourth-order valence-electron chi connectivity index (χ4n) is 2.99. The third-order valence-electron chi connectivity index (χ3n) is 4.74. The van der Waals surface area contributed by atoms with Crippen molar-refractivity contribution in [2.75, 3.05) is 20.1 Å². The molecule has 0 spiro atoms. The van der Waals surface area contributed by atoms with E-state index in [-0.39, 0.29) is 0 Å². The van der Waals surface area contributed by atoms with Crippen LogP contribution in [0.3, 0.4) is 0 Å². The Kier molecular flexibility index (Phi) is 5.62. The molecular formula is C18H30N2. The van der Waals surface area contributed by atoms with Gasteiger partial charge in [-0.2, -0.15) is 0 Å². The van der Waals surface area contributed by atoms with Gasteiger partial charge in [-0.25, -0.2) is 0 Å². The smallest absolute Gasteiger partial charge is 0.0208 e. The van der Waals surface area contributed by atoms with E-state index in [1.165, 1.54) is 37.1 Å². The van der Waals surface area contributed by atoms with Crippen LogP contribution in [0.15, 0.2) is 24.3 Å². The van der Waals surface area contributed by atoms with E-state index in [4.69, 9.17) is 0 Å². The number of likely N-dealkylation sites (tertiary alicyclic amines) is 1. The van der Waals surface area contributed by atoms with Crippen LogP contribution in [-0.4, -0.2) is 31.1 Å². The highest BCUT2D eigenvalue weighted by Crippen LogP contribution is 2.20. The predicted octanol–water partition coefficient (Wildman–Crippen LogP) is 3.63. The number of nitrogens with zero attached hydrogens (tertiary/aromatic N) is 1. The molecule has 1 heterocycles. The lowest BCUT2D eigenvalue weighted by Gasteiger charge is -2.33. The Morgan fingerprint density at radius 2 is 1.70 bits per heavy atom. The van der Waals surface area contributed by atoms with Crippen LogP contribution in [0.25, 0.3) is 0 Å². The summed E-state index contributed by atoms with van der Waals surface area (Å²) in [5.74, 6) is 1.45. The van der Waals surface area contributed by atoms with Crippen LogP contribution in [0.4, 0.5) is 0 Å². The van der Waals surface area contributed by atoms with E-state index < -0.39 is 0 Å². The van der Waals surface area contributed by atoms with Crippen molar-refractivity contribution in [1.29, 1.82) is 0 Å². The highest BCUT2D eigenvalue weighted by molar-refractivity contribution is 5.24. The van der Waals surface area contributed by atoms with Crippen molar-refractivity contribution in [2.24, 2.45) is 5.92 Å². The van der Waals surface area contributed by atoms with Gasteiger partial charge >= 0.3 is 0 Å². The van der Waals surface area contributed by atoms with Crippen LogP contribution in [0.1, 0.15) is 50.7 Å². The number of piperidine rings is 1. The van der Waals surface area contributed by atoms with Gasteiger partial charge in [-0.05, 0) is 62.9 Å². The first-order valence-corrected chi connectivity index (χ1v) is 8.07. The summed E-state index contributed by atoms with van der Waals surface area (Å²) in [7, 11) is 2.23. The second-order valence-corrected chi connectivity index (χ2v) is 6.71. The van der Waals surface area contributed by atoms with Gasteiger partial charge in [0.15, 0.2) is 0 Å². The molecule has 1 N–H and O–H groups in total. The molecule has 0 radical (unpaired) electrons. The molecule has 2 heteroatoms. The van der Waals surface area contributed by atoms with Gasteiger partial charge in [-0.3, -0.25) is 0 Å². The molecule has 1 unspecified atom stereocenters. The topological polar surface area (TPSA) is 15.3 Å². The molecular weight excluding hydrogens is 244 g/mol. The molecule has 1 atom stereocenters. The highest BCUT2D eigenvalue weighted by atomic mass is 15.1. The van der Waals surface area contributed by atoms with Gasteiger partial charge in [-0.15, -0.1) is 0 Å². The van der Waals surface area contributed by atoms with Crippen molar-refractivity contribution in [1.82, 2.24) is 10.2 Å². The van der Waals surface area contributed by atoms with E-state index in [0.717, 1.165) is 12.5 Å². The Bertz CT molecular complexity index is 388. The van der Waals surface area contributed by atoms with Gasteiger partial charge in [0.25, 0.3) is 0 Å². The molecule has 0 bridgehead atoms. The molecule has 1 aliphatic rings. The Labute approximate surface area is 124 Å². The highest BCUT2D eigenvalue weighted by Gasteiger charge is 2.21. The Hall–Kier alpha value is -0.860. The third kappa shape index (κ3) is 4.32. The number of benzene rings is 1. The maximum absolute atomic E-state index is 3.71. The predicted molar refractivity (Wildman–Crippen MR) is 87.1 cm³/mol. The van der Waals surface area contributed by atoms with Crippen molar-refractivity contribution in [3.63, 3.8) is 0 Å².